The van der Waals surface area contributed by atoms with Gasteiger partial charge in [-0.25, -0.2) is 4.79 Å². The van der Waals surface area contributed by atoms with Gasteiger partial charge in [-0.05, 0) is 49.7 Å². The molecule has 0 saturated carbocycles. The number of anilines is 1. The van der Waals surface area contributed by atoms with E-state index < -0.39 is 5.97 Å². The molecular weight excluding hydrogens is 262 g/mol. The summed E-state index contributed by atoms with van der Waals surface area (Å²) in [5.41, 5.74) is 1.45. The highest BCUT2D eigenvalue weighted by atomic mass is 32.1. The van der Waals surface area contributed by atoms with Crippen molar-refractivity contribution < 1.29 is 14.7 Å². The second-order valence-electron chi connectivity index (χ2n) is 4.20. The number of carbonyl (C=O) groups excluding carboxylic acids is 1. The molecule has 2 N–H and O–H groups in total. The highest BCUT2D eigenvalue weighted by Gasteiger charge is 2.11. The Kier molecular flexibility index (Phi) is 3.66. The normalized spacial score (nSPS) is 10.2. The van der Waals surface area contributed by atoms with E-state index in [9.17, 15) is 9.59 Å². The molecule has 0 fully saturated rings. The highest BCUT2D eigenvalue weighted by molar-refractivity contribution is 7.14. The van der Waals surface area contributed by atoms with Gasteiger partial charge in [0.2, 0.25) is 0 Å². The van der Waals surface area contributed by atoms with Crippen LogP contribution in [0.5, 0.6) is 0 Å². The first-order valence-electron chi connectivity index (χ1n) is 5.69. The SMILES string of the molecule is Cc1ccc(C(=O)Nc2ccc(C(=O)O)c(C)c2)s1. The molecule has 98 valence electrons. The van der Waals surface area contributed by atoms with Gasteiger partial charge in [0.25, 0.3) is 5.91 Å². The molecule has 4 nitrogen and oxygen atoms in total. The topological polar surface area (TPSA) is 66.4 Å². The molecular formula is C14H13NO3S. The number of carboxylic acids is 1. The summed E-state index contributed by atoms with van der Waals surface area (Å²) < 4.78 is 0. The van der Waals surface area contributed by atoms with Crippen LogP contribution >= 0.6 is 11.3 Å². The van der Waals surface area contributed by atoms with Gasteiger partial charge in [0, 0.05) is 10.6 Å². The number of amides is 1. The van der Waals surface area contributed by atoms with Crippen LogP contribution < -0.4 is 5.32 Å². The van der Waals surface area contributed by atoms with Gasteiger partial charge in [-0.15, -0.1) is 11.3 Å². The Morgan fingerprint density at radius 2 is 1.89 bits per heavy atom. The molecule has 0 bridgehead atoms. The van der Waals surface area contributed by atoms with Crippen LogP contribution in [0.3, 0.4) is 0 Å². The largest absolute Gasteiger partial charge is 0.478 e. The zero-order valence-electron chi connectivity index (χ0n) is 10.6. The molecule has 2 aromatic rings. The standard InChI is InChI=1S/C14H13NO3S/c1-8-7-10(4-5-11(8)14(17)18)15-13(16)12-6-3-9(2)19-12/h3-7H,1-2H3,(H,15,16)(H,17,18). The first-order chi connectivity index (χ1) is 8.97. The van der Waals surface area contributed by atoms with E-state index >= 15 is 0 Å². The number of nitrogens with one attached hydrogen (secondary N) is 1. The van der Waals surface area contributed by atoms with Crippen LogP contribution in [0.4, 0.5) is 5.69 Å². The Balaban J connectivity index is 2.18. The fraction of sp³-hybridized carbons (Fsp3) is 0.143. The average molecular weight is 275 g/mol. The Hall–Kier alpha value is -2.14. The summed E-state index contributed by atoms with van der Waals surface area (Å²) in [4.78, 5) is 24.5. The molecule has 0 saturated heterocycles. The molecule has 1 aromatic heterocycles. The maximum absolute atomic E-state index is 11.9. The van der Waals surface area contributed by atoms with Crippen LogP contribution in [0, 0.1) is 13.8 Å². The predicted molar refractivity (Wildman–Crippen MR) is 75.1 cm³/mol. The minimum Gasteiger partial charge on any atom is -0.478 e. The van der Waals surface area contributed by atoms with Crippen molar-refractivity contribution in [2.24, 2.45) is 0 Å². The summed E-state index contributed by atoms with van der Waals surface area (Å²) in [7, 11) is 0. The van der Waals surface area contributed by atoms with E-state index in [0.29, 0.717) is 16.1 Å². The Morgan fingerprint density at radius 1 is 1.16 bits per heavy atom. The van der Waals surface area contributed by atoms with Gasteiger partial charge < -0.3 is 10.4 Å². The summed E-state index contributed by atoms with van der Waals surface area (Å²) in [5, 5.41) is 11.7. The fourth-order valence-electron chi connectivity index (χ4n) is 1.73. The van der Waals surface area contributed by atoms with Crippen molar-refractivity contribution in [3.05, 3.63) is 51.2 Å². The second kappa shape index (κ2) is 5.24. The van der Waals surface area contributed by atoms with Crippen LogP contribution in [-0.4, -0.2) is 17.0 Å². The van der Waals surface area contributed by atoms with E-state index in [4.69, 9.17) is 5.11 Å². The van der Waals surface area contributed by atoms with Gasteiger partial charge in [-0.1, -0.05) is 0 Å². The van der Waals surface area contributed by atoms with Crippen molar-refractivity contribution in [3.63, 3.8) is 0 Å². The van der Waals surface area contributed by atoms with Gasteiger partial charge in [0.1, 0.15) is 0 Å². The fourth-order valence-corrected chi connectivity index (χ4v) is 2.49. The molecule has 0 atom stereocenters. The number of carboxylic acid groups (broad SMARTS) is 1. The van der Waals surface area contributed by atoms with Crippen LogP contribution in [0.25, 0.3) is 0 Å². The smallest absolute Gasteiger partial charge is 0.335 e. The molecule has 0 spiro atoms. The molecule has 19 heavy (non-hydrogen) atoms. The monoisotopic (exact) mass is 275 g/mol. The van der Waals surface area contributed by atoms with E-state index in [1.807, 2.05) is 13.0 Å². The van der Waals surface area contributed by atoms with Gasteiger partial charge in [0.05, 0.1) is 10.4 Å². The number of rotatable bonds is 3. The van der Waals surface area contributed by atoms with E-state index in [2.05, 4.69) is 5.32 Å². The molecule has 1 amide bonds. The lowest BCUT2D eigenvalue weighted by molar-refractivity contribution is 0.0696. The number of aromatic carboxylic acids is 1. The average Bonchev–Trinajstić information content (AvgIpc) is 2.75. The Bertz CT molecular complexity index is 646. The third-order valence-corrected chi connectivity index (χ3v) is 3.68. The lowest BCUT2D eigenvalue weighted by Gasteiger charge is -2.06. The lowest BCUT2D eigenvalue weighted by Crippen LogP contribution is -2.10. The molecule has 2 rings (SSSR count). The molecule has 0 aliphatic carbocycles. The highest BCUT2D eigenvalue weighted by Crippen LogP contribution is 2.19. The summed E-state index contributed by atoms with van der Waals surface area (Å²) in [6.45, 7) is 3.64. The Morgan fingerprint density at radius 3 is 2.42 bits per heavy atom. The molecule has 0 radical (unpaired) electrons. The van der Waals surface area contributed by atoms with Crippen molar-refractivity contribution in [2.45, 2.75) is 13.8 Å². The quantitative estimate of drug-likeness (QED) is 0.903. The first-order valence-corrected chi connectivity index (χ1v) is 6.51. The number of benzene rings is 1. The van der Waals surface area contributed by atoms with E-state index in [-0.39, 0.29) is 11.5 Å². The number of hydrogen-bond donors (Lipinski definition) is 2. The molecule has 1 heterocycles. The number of thiophene rings is 1. The van der Waals surface area contributed by atoms with Crippen LogP contribution in [0.15, 0.2) is 30.3 Å². The molecule has 0 aliphatic rings. The van der Waals surface area contributed by atoms with Crippen molar-refractivity contribution in [1.82, 2.24) is 0 Å². The number of aryl methyl sites for hydroxylation is 2. The van der Waals surface area contributed by atoms with E-state index in [0.717, 1.165) is 4.88 Å². The van der Waals surface area contributed by atoms with Gasteiger partial charge in [-0.2, -0.15) is 0 Å². The van der Waals surface area contributed by atoms with Gasteiger partial charge in [-0.3, -0.25) is 4.79 Å². The zero-order chi connectivity index (χ0) is 14.0. The van der Waals surface area contributed by atoms with Crippen molar-refractivity contribution in [2.75, 3.05) is 5.32 Å². The van der Waals surface area contributed by atoms with Gasteiger partial charge >= 0.3 is 5.97 Å². The zero-order valence-corrected chi connectivity index (χ0v) is 11.4. The number of hydrogen-bond acceptors (Lipinski definition) is 3. The first kappa shape index (κ1) is 13.3. The summed E-state index contributed by atoms with van der Waals surface area (Å²) in [6.07, 6.45) is 0. The number of carbonyl (C=O) groups is 2. The van der Waals surface area contributed by atoms with Crippen molar-refractivity contribution in [3.8, 4) is 0 Å². The summed E-state index contributed by atoms with van der Waals surface area (Å²) in [6, 6.07) is 8.40. The molecule has 5 heteroatoms. The maximum atomic E-state index is 11.9. The second-order valence-corrected chi connectivity index (χ2v) is 5.49. The van der Waals surface area contributed by atoms with Crippen LogP contribution in [0.2, 0.25) is 0 Å². The minimum atomic E-state index is -0.968. The van der Waals surface area contributed by atoms with E-state index in [1.165, 1.54) is 17.4 Å². The molecule has 1 aromatic carbocycles. The Labute approximate surface area is 114 Å². The maximum Gasteiger partial charge on any atom is 0.335 e. The molecule has 0 aliphatic heterocycles. The molecule has 0 unspecified atom stereocenters. The summed E-state index contributed by atoms with van der Waals surface area (Å²) in [5.74, 6) is -1.15. The van der Waals surface area contributed by atoms with Crippen LogP contribution in [-0.2, 0) is 0 Å². The third-order valence-electron chi connectivity index (χ3n) is 2.68. The predicted octanol–water partition coefficient (Wildman–Crippen LogP) is 3.32. The van der Waals surface area contributed by atoms with E-state index in [1.54, 1.807) is 25.1 Å². The lowest BCUT2D eigenvalue weighted by atomic mass is 10.1. The van der Waals surface area contributed by atoms with Crippen molar-refractivity contribution in [1.29, 1.82) is 0 Å². The summed E-state index contributed by atoms with van der Waals surface area (Å²) >= 11 is 1.42. The minimum absolute atomic E-state index is 0.180. The third kappa shape index (κ3) is 3.00. The van der Waals surface area contributed by atoms with Gasteiger partial charge in [0.15, 0.2) is 0 Å². The van der Waals surface area contributed by atoms with Crippen molar-refractivity contribution >= 4 is 28.9 Å². The van der Waals surface area contributed by atoms with Crippen LogP contribution in [0.1, 0.15) is 30.5 Å².